The summed E-state index contributed by atoms with van der Waals surface area (Å²) in [6.07, 6.45) is 0.787. The number of carbonyl (C=O) groups excluding carboxylic acids is 1. The van der Waals surface area contributed by atoms with Gasteiger partial charge < -0.3 is 14.6 Å². The minimum absolute atomic E-state index is 0.0622. The van der Waals surface area contributed by atoms with E-state index in [2.05, 4.69) is 0 Å². The smallest absolute Gasteiger partial charge is 0.154 e. The Labute approximate surface area is 113 Å². The molecule has 2 heterocycles. The fourth-order valence-corrected chi connectivity index (χ4v) is 2.69. The Morgan fingerprint density at radius 3 is 2.17 bits per heavy atom. The van der Waals surface area contributed by atoms with E-state index < -0.39 is 0 Å². The van der Waals surface area contributed by atoms with Gasteiger partial charge in [-0.2, -0.15) is 0 Å². The molecule has 2 aromatic heterocycles. The molecule has 0 radical (unpaired) electrons. The Morgan fingerprint density at radius 1 is 1.11 bits per heavy atom. The largest absolute Gasteiger partial charge is 0.496 e. The van der Waals surface area contributed by atoms with Crippen molar-refractivity contribution < 1.29 is 19.4 Å². The van der Waals surface area contributed by atoms with E-state index in [0.29, 0.717) is 11.3 Å². The van der Waals surface area contributed by atoms with Gasteiger partial charge in [0.15, 0.2) is 6.29 Å². The van der Waals surface area contributed by atoms with Crippen LogP contribution in [0.15, 0.2) is 21.5 Å². The summed E-state index contributed by atoms with van der Waals surface area (Å²) in [7, 11) is 3.15. The maximum absolute atomic E-state index is 10.2. The van der Waals surface area contributed by atoms with Crippen LogP contribution >= 0.6 is 22.7 Å². The average molecular weight is 286 g/mol. The molecular weight excluding hydrogens is 272 g/mol. The summed E-state index contributed by atoms with van der Waals surface area (Å²) in [6, 6.07) is 0. The van der Waals surface area contributed by atoms with Crippen molar-refractivity contribution in [2.75, 3.05) is 14.2 Å². The number of methoxy groups -OCH3 is 2. The molecule has 0 unspecified atom stereocenters. The lowest BCUT2D eigenvalue weighted by molar-refractivity contribution is 0.112. The fraction of sp³-hybridized carbons (Fsp3) is 0.250. The van der Waals surface area contributed by atoms with E-state index in [1.807, 2.05) is 10.8 Å². The van der Waals surface area contributed by atoms with Gasteiger partial charge in [-0.1, -0.05) is 0 Å². The Kier molecular flexibility index (Phi) is 6.42. The third-order valence-corrected chi connectivity index (χ3v) is 3.60. The van der Waals surface area contributed by atoms with Crippen LogP contribution in [0.2, 0.25) is 0 Å². The number of aldehydes is 1. The number of thiophene rings is 2. The fourth-order valence-electron chi connectivity index (χ4n) is 1.15. The first kappa shape index (κ1) is 14.7. The average Bonchev–Trinajstić information content (AvgIpc) is 3.06. The van der Waals surface area contributed by atoms with E-state index in [4.69, 9.17) is 14.6 Å². The topological polar surface area (TPSA) is 55.8 Å². The number of ether oxygens (including phenoxy) is 2. The van der Waals surface area contributed by atoms with Gasteiger partial charge in [-0.25, -0.2) is 0 Å². The maximum Gasteiger partial charge on any atom is 0.154 e. The molecule has 2 aromatic rings. The zero-order chi connectivity index (χ0) is 13.4. The Balaban J connectivity index is 0.000000180. The van der Waals surface area contributed by atoms with Crippen LogP contribution in [-0.2, 0) is 6.61 Å². The molecule has 0 spiro atoms. The SMILES string of the molecule is COc1cscc1C=O.COc1cscc1CO. The van der Waals surface area contributed by atoms with Crippen molar-refractivity contribution in [2.45, 2.75) is 6.61 Å². The highest BCUT2D eigenvalue weighted by Crippen LogP contribution is 2.22. The molecule has 4 nitrogen and oxygen atoms in total. The Hall–Kier alpha value is -1.37. The molecule has 2 rings (SSSR count). The zero-order valence-corrected chi connectivity index (χ0v) is 11.7. The van der Waals surface area contributed by atoms with Crippen LogP contribution in [0.25, 0.3) is 0 Å². The molecule has 0 atom stereocenters. The molecule has 0 fully saturated rings. The zero-order valence-electron chi connectivity index (χ0n) is 10.1. The third-order valence-electron chi connectivity index (χ3n) is 2.09. The van der Waals surface area contributed by atoms with Gasteiger partial charge in [0.2, 0.25) is 0 Å². The van der Waals surface area contributed by atoms with E-state index in [1.54, 1.807) is 25.0 Å². The van der Waals surface area contributed by atoms with Crippen LogP contribution in [0.4, 0.5) is 0 Å². The van der Waals surface area contributed by atoms with Crippen molar-refractivity contribution in [3.8, 4) is 11.5 Å². The van der Waals surface area contributed by atoms with Crippen LogP contribution < -0.4 is 9.47 Å². The van der Waals surface area contributed by atoms with Gasteiger partial charge in [0, 0.05) is 27.1 Å². The highest BCUT2D eigenvalue weighted by atomic mass is 32.1. The molecule has 98 valence electrons. The second-order valence-corrected chi connectivity index (χ2v) is 4.62. The van der Waals surface area contributed by atoms with Gasteiger partial charge in [0.05, 0.1) is 26.4 Å². The van der Waals surface area contributed by atoms with Gasteiger partial charge in [-0.05, 0) is 0 Å². The van der Waals surface area contributed by atoms with Gasteiger partial charge in [-0.15, -0.1) is 22.7 Å². The predicted octanol–water partition coefficient (Wildman–Crippen LogP) is 2.82. The second kappa shape index (κ2) is 7.86. The monoisotopic (exact) mass is 286 g/mol. The third kappa shape index (κ3) is 3.83. The van der Waals surface area contributed by atoms with Crippen molar-refractivity contribution in [1.82, 2.24) is 0 Å². The van der Waals surface area contributed by atoms with Crippen molar-refractivity contribution >= 4 is 29.0 Å². The number of hydrogen-bond donors (Lipinski definition) is 1. The molecule has 0 saturated carbocycles. The Morgan fingerprint density at radius 2 is 1.72 bits per heavy atom. The molecule has 1 N–H and O–H groups in total. The number of hydrogen-bond acceptors (Lipinski definition) is 6. The lowest BCUT2D eigenvalue weighted by atomic mass is 10.3. The number of carbonyl (C=O) groups is 1. The van der Waals surface area contributed by atoms with Crippen LogP contribution in [0.5, 0.6) is 11.5 Å². The van der Waals surface area contributed by atoms with E-state index >= 15 is 0 Å². The predicted molar refractivity (Wildman–Crippen MR) is 73.1 cm³/mol. The van der Waals surface area contributed by atoms with E-state index in [9.17, 15) is 4.79 Å². The molecule has 6 heteroatoms. The lowest BCUT2D eigenvalue weighted by Gasteiger charge is -1.95. The highest BCUT2D eigenvalue weighted by Gasteiger charge is 2.00. The van der Waals surface area contributed by atoms with Crippen molar-refractivity contribution in [2.24, 2.45) is 0 Å². The molecule has 0 aliphatic carbocycles. The van der Waals surface area contributed by atoms with E-state index in [-0.39, 0.29) is 6.61 Å². The first-order valence-electron chi connectivity index (χ1n) is 5.02. The Bertz CT molecular complexity index is 457. The maximum atomic E-state index is 10.2. The summed E-state index contributed by atoms with van der Waals surface area (Å²) in [5.41, 5.74) is 1.49. The lowest BCUT2D eigenvalue weighted by Crippen LogP contribution is -1.85. The second-order valence-electron chi connectivity index (χ2n) is 3.14. The minimum atomic E-state index is 0.0622. The normalized spacial score (nSPS) is 9.28. The van der Waals surface area contributed by atoms with Gasteiger partial charge in [0.1, 0.15) is 11.5 Å². The van der Waals surface area contributed by atoms with Gasteiger partial charge >= 0.3 is 0 Å². The van der Waals surface area contributed by atoms with Crippen LogP contribution in [0.3, 0.4) is 0 Å². The summed E-state index contributed by atoms with van der Waals surface area (Å²) >= 11 is 2.99. The van der Waals surface area contributed by atoms with E-state index in [0.717, 1.165) is 17.6 Å². The number of aliphatic hydroxyl groups is 1. The van der Waals surface area contributed by atoms with Gasteiger partial charge in [-0.3, -0.25) is 4.79 Å². The van der Waals surface area contributed by atoms with Crippen LogP contribution in [0.1, 0.15) is 15.9 Å². The minimum Gasteiger partial charge on any atom is -0.496 e. The van der Waals surface area contributed by atoms with Crippen molar-refractivity contribution in [3.05, 3.63) is 32.6 Å². The number of rotatable bonds is 4. The molecule has 0 aliphatic rings. The summed E-state index contributed by atoms with van der Waals surface area (Å²) < 4.78 is 9.78. The molecule has 0 amide bonds. The molecular formula is C12H14O4S2. The summed E-state index contributed by atoms with van der Waals surface area (Å²) in [5.74, 6) is 1.44. The first-order valence-corrected chi connectivity index (χ1v) is 6.90. The molecule has 0 saturated heterocycles. The molecule has 18 heavy (non-hydrogen) atoms. The van der Waals surface area contributed by atoms with E-state index in [1.165, 1.54) is 22.7 Å². The molecule has 0 aliphatic heterocycles. The van der Waals surface area contributed by atoms with Gasteiger partial charge in [0.25, 0.3) is 0 Å². The molecule has 0 bridgehead atoms. The van der Waals surface area contributed by atoms with Crippen molar-refractivity contribution in [1.29, 1.82) is 0 Å². The standard InChI is InChI=1S/C6H8O2S.C6H6O2S/c2*1-8-6-4-9-3-5(6)2-7/h3-4,7H,2H2,1H3;2-4H,1H3. The number of aliphatic hydroxyl groups excluding tert-OH is 1. The summed E-state index contributed by atoms with van der Waals surface area (Å²) in [6.45, 7) is 0.0622. The quantitative estimate of drug-likeness (QED) is 0.878. The highest BCUT2D eigenvalue weighted by molar-refractivity contribution is 7.08. The molecule has 0 aromatic carbocycles. The van der Waals surface area contributed by atoms with Crippen LogP contribution in [0, 0.1) is 0 Å². The summed E-state index contributed by atoms with van der Waals surface area (Å²) in [4.78, 5) is 10.2. The first-order chi connectivity index (χ1) is 8.76. The summed E-state index contributed by atoms with van der Waals surface area (Å²) in [5, 5.41) is 16.0. The van der Waals surface area contributed by atoms with Crippen LogP contribution in [-0.4, -0.2) is 25.6 Å². The van der Waals surface area contributed by atoms with Crippen molar-refractivity contribution in [3.63, 3.8) is 0 Å².